The van der Waals surface area contributed by atoms with Crippen LogP contribution in [0.3, 0.4) is 0 Å². The summed E-state index contributed by atoms with van der Waals surface area (Å²) in [7, 11) is -4.06. The van der Waals surface area contributed by atoms with Gasteiger partial charge in [-0.05, 0) is 118 Å². The third kappa shape index (κ3) is 6.07. The molecule has 1 aliphatic rings. The lowest BCUT2D eigenvalue weighted by Crippen LogP contribution is -2.63. The van der Waals surface area contributed by atoms with Crippen LogP contribution in [0.15, 0.2) is 158 Å². The number of rotatable bonds is 10. The van der Waals surface area contributed by atoms with Crippen molar-refractivity contribution in [3.8, 4) is 11.1 Å². The average molecular weight is 751 g/mol. The Balaban J connectivity index is 1.44. The number of hydrogen-bond donors (Lipinski definition) is 0. The van der Waals surface area contributed by atoms with E-state index < -0.39 is 16.1 Å². The van der Waals surface area contributed by atoms with E-state index in [0.29, 0.717) is 0 Å². The van der Waals surface area contributed by atoms with Crippen molar-refractivity contribution in [3.05, 3.63) is 180 Å². The van der Waals surface area contributed by atoms with Crippen LogP contribution in [0.5, 0.6) is 0 Å². The second-order valence-electron chi connectivity index (χ2n) is 17.2. The van der Waals surface area contributed by atoms with Crippen molar-refractivity contribution in [1.29, 1.82) is 0 Å². The highest BCUT2D eigenvalue weighted by molar-refractivity contribution is 6.99. The molecule has 0 radical (unpaired) electrons. The molecule has 0 atom stereocenters. The maximum atomic E-state index is 2.63. The smallest absolute Gasteiger partial charge is 0.0579 e. The van der Waals surface area contributed by atoms with Crippen LogP contribution in [0.1, 0.15) is 36.1 Å². The lowest BCUT2D eigenvalue weighted by atomic mass is 9.95. The lowest BCUT2D eigenvalue weighted by Gasteiger charge is -2.51. The molecule has 0 fully saturated rings. The Bertz CT molecular complexity index is 2440. The Morgan fingerprint density at radius 3 is 1.36 bits per heavy atom. The summed E-state index contributed by atoms with van der Waals surface area (Å²) in [6, 6.07) is 59.5. The highest BCUT2D eigenvalue weighted by Crippen LogP contribution is 2.61. The molecule has 1 aliphatic carbocycles. The van der Waals surface area contributed by atoms with E-state index in [0.717, 1.165) is 12.8 Å². The first-order valence-corrected chi connectivity index (χ1v) is 27.1. The maximum Gasteiger partial charge on any atom is 0.0579 e. The fourth-order valence-corrected chi connectivity index (χ4v) is 23.0. The van der Waals surface area contributed by atoms with Crippen LogP contribution in [-0.4, -0.2) is 16.1 Å². The zero-order valence-corrected chi connectivity index (χ0v) is 35.8. The third-order valence-corrected chi connectivity index (χ3v) is 22.2. The monoisotopic (exact) mass is 750 g/mol. The first kappa shape index (κ1) is 36.8. The second-order valence-corrected chi connectivity index (χ2v) is 28.2. The van der Waals surface area contributed by atoms with Crippen molar-refractivity contribution in [2.75, 3.05) is 9.80 Å². The van der Waals surface area contributed by atoms with Gasteiger partial charge < -0.3 is 9.80 Å². The van der Waals surface area contributed by atoms with Crippen molar-refractivity contribution in [1.82, 2.24) is 0 Å². The molecule has 2 nitrogen and oxygen atoms in total. The molecule has 55 heavy (non-hydrogen) atoms. The minimum Gasteiger partial charge on any atom is -0.310 e. The molecule has 0 amide bonds. The molecule has 8 rings (SSSR count). The van der Waals surface area contributed by atoms with Gasteiger partial charge in [0.1, 0.15) is 0 Å². The summed E-state index contributed by atoms with van der Waals surface area (Å²) in [5.41, 5.74) is 15.8. The molecule has 0 saturated heterocycles. The topological polar surface area (TPSA) is 6.48 Å². The van der Waals surface area contributed by atoms with E-state index in [9.17, 15) is 0 Å². The predicted octanol–water partition coefficient (Wildman–Crippen LogP) is 14.9. The molecule has 0 N–H and O–H groups in total. The van der Waals surface area contributed by atoms with Gasteiger partial charge in [-0.15, -0.1) is 0 Å². The van der Waals surface area contributed by atoms with Gasteiger partial charge in [0, 0.05) is 38.5 Å². The van der Waals surface area contributed by atoms with Gasteiger partial charge >= 0.3 is 0 Å². The van der Waals surface area contributed by atoms with Gasteiger partial charge in [0.25, 0.3) is 0 Å². The van der Waals surface area contributed by atoms with Crippen molar-refractivity contribution >= 4 is 61.0 Å². The molecule has 0 unspecified atom stereocenters. The highest BCUT2D eigenvalue weighted by atomic mass is 28.4. The highest BCUT2D eigenvalue weighted by Gasteiger charge is 2.59. The number of aryl methyl sites for hydroxylation is 2. The van der Waals surface area contributed by atoms with Crippen molar-refractivity contribution in [2.45, 2.75) is 70.6 Å². The zero-order chi connectivity index (χ0) is 38.5. The molecule has 0 saturated carbocycles. The van der Waals surface area contributed by atoms with Crippen LogP contribution >= 0.6 is 0 Å². The van der Waals surface area contributed by atoms with Gasteiger partial charge in [-0.2, -0.15) is 0 Å². The van der Waals surface area contributed by atoms with E-state index >= 15 is 0 Å². The number of nitrogens with zero attached hydrogens (tertiary/aromatic N) is 2. The van der Waals surface area contributed by atoms with Gasteiger partial charge in [0.2, 0.25) is 0 Å². The third-order valence-electron chi connectivity index (χ3n) is 12.1. The molecule has 0 aromatic heterocycles. The summed E-state index contributed by atoms with van der Waals surface area (Å²) >= 11 is 0. The summed E-state index contributed by atoms with van der Waals surface area (Å²) < 4.78 is -0.0672. The molecule has 0 heterocycles. The Morgan fingerprint density at radius 1 is 0.418 bits per heavy atom. The molecular weight excluding hydrogens is 697 g/mol. The number of hydrogen-bond acceptors (Lipinski definition) is 2. The van der Waals surface area contributed by atoms with Crippen LogP contribution in [0.25, 0.3) is 21.9 Å². The SMILES string of the molecule is CCc1ccc(N(c2ccccc2)c2ccc3c(c2)C([Si](C)(C)C)([Si](C)(C)C)c2cc(N(c4ccccc4)c4ccc(CC)cc4)c4ccccc4c2-3)cc1. The summed E-state index contributed by atoms with van der Waals surface area (Å²) in [5.74, 6) is 0. The minimum absolute atomic E-state index is 0.0672. The van der Waals surface area contributed by atoms with Crippen molar-refractivity contribution < 1.29 is 0 Å². The largest absolute Gasteiger partial charge is 0.310 e. The van der Waals surface area contributed by atoms with E-state index in [1.54, 1.807) is 0 Å². The minimum atomic E-state index is -2.03. The van der Waals surface area contributed by atoms with Crippen LogP contribution < -0.4 is 9.80 Å². The lowest BCUT2D eigenvalue weighted by molar-refractivity contribution is 0.952. The number of anilines is 6. The average Bonchev–Trinajstić information content (AvgIpc) is 3.51. The molecule has 0 spiro atoms. The summed E-state index contributed by atoms with van der Waals surface area (Å²) in [4.78, 5) is 4.97. The Kier molecular flexibility index (Phi) is 9.47. The normalized spacial score (nSPS) is 13.4. The van der Waals surface area contributed by atoms with E-state index in [-0.39, 0.29) is 4.66 Å². The number of benzene rings is 7. The fourth-order valence-electron chi connectivity index (χ4n) is 10.0. The van der Waals surface area contributed by atoms with Gasteiger partial charge in [0.15, 0.2) is 0 Å². The van der Waals surface area contributed by atoms with Crippen LogP contribution in [0.2, 0.25) is 39.3 Å². The van der Waals surface area contributed by atoms with E-state index in [1.807, 2.05) is 0 Å². The quantitative estimate of drug-likeness (QED) is 0.128. The summed E-state index contributed by atoms with van der Waals surface area (Å²) in [6.07, 6.45) is 2.05. The second kappa shape index (κ2) is 14.2. The fraction of sp³-hybridized carbons (Fsp3) is 0.216. The molecule has 276 valence electrons. The molecule has 4 heteroatoms. The van der Waals surface area contributed by atoms with E-state index in [4.69, 9.17) is 0 Å². The van der Waals surface area contributed by atoms with E-state index in [2.05, 4.69) is 221 Å². The molecule has 0 aliphatic heterocycles. The first-order chi connectivity index (χ1) is 26.5. The number of fused-ring (bicyclic) bond motifs is 5. The van der Waals surface area contributed by atoms with Crippen LogP contribution in [0, 0.1) is 0 Å². The molecule has 7 aromatic carbocycles. The standard InChI is InChI=1S/C51H54N2Si2/c1-9-37-25-29-41(30-26-37)52(39-19-13-11-14-20-39)43-33-34-46-47(35-43)51(54(3,4)5,55(6,7)8)48-36-49(44-23-17-18-24-45(44)50(46)48)53(40-21-15-12-16-22-40)42-31-27-38(10-2)28-32-42/h11-36H,9-10H2,1-8H3. The van der Waals surface area contributed by atoms with Gasteiger partial charge in [0.05, 0.1) is 21.8 Å². The Hall–Kier alpha value is -5.17. The van der Waals surface area contributed by atoms with Gasteiger partial charge in [-0.1, -0.05) is 144 Å². The predicted molar refractivity (Wildman–Crippen MR) is 245 cm³/mol. The molecular formula is C51H54N2Si2. The Labute approximate surface area is 331 Å². The first-order valence-electron chi connectivity index (χ1n) is 20.1. The van der Waals surface area contributed by atoms with Crippen LogP contribution in [-0.2, 0) is 17.5 Å². The summed E-state index contributed by atoms with van der Waals surface area (Å²) in [6.45, 7) is 20.2. The Morgan fingerprint density at radius 2 is 0.855 bits per heavy atom. The molecule has 7 aromatic rings. The summed E-state index contributed by atoms with van der Waals surface area (Å²) in [5, 5.41) is 2.62. The van der Waals surface area contributed by atoms with Crippen LogP contribution in [0.4, 0.5) is 34.1 Å². The number of para-hydroxylation sites is 2. The zero-order valence-electron chi connectivity index (χ0n) is 33.8. The van der Waals surface area contributed by atoms with Gasteiger partial charge in [-0.25, -0.2) is 0 Å². The van der Waals surface area contributed by atoms with E-state index in [1.165, 1.54) is 78.3 Å². The maximum absolute atomic E-state index is 2.63. The van der Waals surface area contributed by atoms with Gasteiger partial charge in [-0.3, -0.25) is 0 Å². The van der Waals surface area contributed by atoms with Crippen molar-refractivity contribution in [2.24, 2.45) is 0 Å². The van der Waals surface area contributed by atoms with Crippen molar-refractivity contribution in [3.63, 3.8) is 0 Å². The molecule has 0 bridgehead atoms.